The molecule has 1 saturated carbocycles. The van der Waals surface area contributed by atoms with E-state index in [9.17, 15) is 4.39 Å². The average molecular weight is 423 g/mol. The predicted molar refractivity (Wildman–Crippen MR) is 100 cm³/mol. The van der Waals surface area contributed by atoms with E-state index in [0.29, 0.717) is 0 Å². The molecule has 0 saturated heterocycles. The molecule has 0 atom stereocenters. The highest BCUT2D eigenvalue weighted by atomic mass is 127. The smallest absolute Gasteiger partial charge is 0.191 e. The van der Waals surface area contributed by atoms with Crippen molar-refractivity contribution in [1.29, 1.82) is 0 Å². The van der Waals surface area contributed by atoms with Gasteiger partial charge in [0.25, 0.3) is 0 Å². The second-order valence-electron chi connectivity index (χ2n) is 5.13. The lowest BCUT2D eigenvalue weighted by atomic mass is 9.96. The molecule has 2 rings (SSSR count). The van der Waals surface area contributed by atoms with Crippen molar-refractivity contribution in [2.75, 3.05) is 32.1 Å². The molecule has 0 radical (unpaired) electrons. The van der Waals surface area contributed by atoms with Gasteiger partial charge in [-0.3, -0.25) is 4.99 Å². The summed E-state index contributed by atoms with van der Waals surface area (Å²) < 4.78 is 13.0. The third-order valence-electron chi connectivity index (χ3n) is 3.73. The van der Waals surface area contributed by atoms with Crippen molar-refractivity contribution in [2.24, 2.45) is 4.99 Å². The minimum atomic E-state index is -0.174. The summed E-state index contributed by atoms with van der Waals surface area (Å²) in [6.07, 6.45) is 4.38. The van der Waals surface area contributed by atoms with Gasteiger partial charge in [-0.1, -0.05) is 12.1 Å². The van der Waals surface area contributed by atoms with Gasteiger partial charge >= 0.3 is 0 Å². The standard InChI is InChI=1S/C15H22FN3S.HI/c1-17-14(18-9-10-20-2)19-11-15(7-8-15)12-3-5-13(16)6-4-12;/h3-6H,7-11H2,1-2H3,(H2,17,18,19);1H. The Balaban J connectivity index is 0.00000220. The Bertz CT molecular complexity index is 460. The lowest BCUT2D eigenvalue weighted by Crippen LogP contribution is -2.42. The summed E-state index contributed by atoms with van der Waals surface area (Å²) in [4.78, 5) is 4.22. The number of halogens is 2. The van der Waals surface area contributed by atoms with Crippen LogP contribution in [-0.4, -0.2) is 38.1 Å². The van der Waals surface area contributed by atoms with Crippen molar-refractivity contribution < 1.29 is 4.39 Å². The van der Waals surface area contributed by atoms with Gasteiger partial charge in [0, 0.05) is 31.3 Å². The molecule has 1 aliphatic rings. The van der Waals surface area contributed by atoms with Crippen LogP contribution in [0.2, 0.25) is 0 Å². The van der Waals surface area contributed by atoms with Gasteiger partial charge in [-0.05, 0) is 36.8 Å². The topological polar surface area (TPSA) is 36.4 Å². The molecule has 118 valence electrons. The monoisotopic (exact) mass is 423 g/mol. The predicted octanol–water partition coefficient (Wildman–Crippen LogP) is 3.00. The first-order valence-electron chi connectivity index (χ1n) is 6.90. The third kappa shape index (κ3) is 5.32. The minimum Gasteiger partial charge on any atom is -0.356 e. The van der Waals surface area contributed by atoms with Crippen LogP contribution < -0.4 is 10.6 Å². The van der Waals surface area contributed by atoms with Gasteiger partial charge in [0.05, 0.1) is 0 Å². The number of hydrogen-bond donors (Lipinski definition) is 2. The average Bonchev–Trinajstić information content (AvgIpc) is 3.24. The molecule has 1 aromatic carbocycles. The fourth-order valence-electron chi connectivity index (χ4n) is 2.27. The maximum Gasteiger partial charge on any atom is 0.191 e. The van der Waals surface area contributed by atoms with Gasteiger partial charge in [-0.25, -0.2) is 4.39 Å². The first kappa shape index (κ1) is 18.5. The van der Waals surface area contributed by atoms with Gasteiger partial charge in [0.1, 0.15) is 5.82 Å². The Labute approximate surface area is 147 Å². The van der Waals surface area contributed by atoms with Crippen LogP contribution in [0.5, 0.6) is 0 Å². The number of benzene rings is 1. The second-order valence-corrected chi connectivity index (χ2v) is 6.12. The van der Waals surface area contributed by atoms with Crippen LogP contribution in [-0.2, 0) is 5.41 Å². The van der Waals surface area contributed by atoms with E-state index in [1.807, 2.05) is 23.9 Å². The van der Waals surface area contributed by atoms with E-state index < -0.39 is 0 Å². The maximum atomic E-state index is 13.0. The molecule has 0 aliphatic heterocycles. The Hall–Kier alpha value is -0.500. The molecular formula is C15H23FIN3S. The first-order valence-corrected chi connectivity index (χ1v) is 8.29. The number of aliphatic imine (C=N–C) groups is 1. The largest absolute Gasteiger partial charge is 0.356 e. The zero-order chi connectivity index (χ0) is 14.4. The van der Waals surface area contributed by atoms with Crippen molar-refractivity contribution >= 4 is 41.7 Å². The van der Waals surface area contributed by atoms with Gasteiger partial charge in [0.2, 0.25) is 0 Å². The number of guanidine groups is 1. The molecule has 0 unspecified atom stereocenters. The van der Waals surface area contributed by atoms with Gasteiger partial charge in [0.15, 0.2) is 5.96 Å². The molecule has 1 fully saturated rings. The molecule has 1 aliphatic carbocycles. The van der Waals surface area contributed by atoms with Crippen LogP contribution in [0.4, 0.5) is 4.39 Å². The molecule has 0 aromatic heterocycles. The molecule has 3 nitrogen and oxygen atoms in total. The molecule has 0 bridgehead atoms. The minimum absolute atomic E-state index is 0. The molecular weight excluding hydrogens is 400 g/mol. The molecule has 0 heterocycles. The number of thioether (sulfide) groups is 1. The van der Waals surface area contributed by atoms with Gasteiger partial charge < -0.3 is 10.6 Å². The van der Waals surface area contributed by atoms with Crippen molar-refractivity contribution in [3.8, 4) is 0 Å². The van der Waals surface area contributed by atoms with Crippen LogP contribution in [0.3, 0.4) is 0 Å². The molecule has 6 heteroatoms. The van der Waals surface area contributed by atoms with E-state index in [1.54, 1.807) is 19.2 Å². The highest BCUT2D eigenvalue weighted by Crippen LogP contribution is 2.47. The van der Waals surface area contributed by atoms with E-state index in [2.05, 4.69) is 21.9 Å². The fourth-order valence-corrected chi connectivity index (χ4v) is 2.57. The number of nitrogens with one attached hydrogen (secondary N) is 2. The van der Waals surface area contributed by atoms with Crippen LogP contribution >= 0.6 is 35.7 Å². The zero-order valence-corrected chi connectivity index (χ0v) is 15.6. The van der Waals surface area contributed by atoms with Crippen molar-refractivity contribution in [3.63, 3.8) is 0 Å². The van der Waals surface area contributed by atoms with Crippen LogP contribution in [0.25, 0.3) is 0 Å². The summed E-state index contributed by atoms with van der Waals surface area (Å²) in [6, 6.07) is 6.88. The Morgan fingerprint density at radius 2 is 1.95 bits per heavy atom. The molecule has 0 amide bonds. The van der Waals surface area contributed by atoms with Crippen LogP contribution in [0.15, 0.2) is 29.3 Å². The van der Waals surface area contributed by atoms with Gasteiger partial charge in [-0.2, -0.15) is 11.8 Å². The summed E-state index contributed by atoms with van der Waals surface area (Å²) in [5.41, 5.74) is 1.37. The Morgan fingerprint density at radius 1 is 1.29 bits per heavy atom. The van der Waals surface area contributed by atoms with Crippen molar-refractivity contribution in [1.82, 2.24) is 10.6 Å². The molecule has 1 aromatic rings. The van der Waals surface area contributed by atoms with E-state index in [1.165, 1.54) is 5.56 Å². The molecule has 21 heavy (non-hydrogen) atoms. The molecule has 2 N–H and O–H groups in total. The van der Waals surface area contributed by atoms with Crippen LogP contribution in [0.1, 0.15) is 18.4 Å². The summed E-state index contributed by atoms with van der Waals surface area (Å²) in [5, 5.41) is 6.67. The number of hydrogen-bond acceptors (Lipinski definition) is 2. The van der Waals surface area contributed by atoms with Crippen LogP contribution in [0, 0.1) is 5.82 Å². The lowest BCUT2D eigenvalue weighted by Gasteiger charge is -2.19. The number of nitrogens with zero attached hydrogens (tertiary/aromatic N) is 1. The highest BCUT2D eigenvalue weighted by Gasteiger charge is 2.44. The Kier molecular flexibility index (Phi) is 7.79. The van der Waals surface area contributed by atoms with E-state index in [0.717, 1.165) is 37.6 Å². The van der Waals surface area contributed by atoms with E-state index in [-0.39, 0.29) is 35.2 Å². The summed E-state index contributed by atoms with van der Waals surface area (Å²) in [6.45, 7) is 1.75. The highest BCUT2D eigenvalue weighted by molar-refractivity contribution is 14.0. The summed E-state index contributed by atoms with van der Waals surface area (Å²) >= 11 is 1.81. The van der Waals surface area contributed by atoms with Crippen molar-refractivity contribution in [2.45, 2.75) is 18.3 Å². The lowest BCUT2D eigenvalue weighted by molar-refractivity contribution is 0.618. The Morgan fingerprint density at radius 3 is 2.48 bits per heavy atom. The van der Waals surface area contributed by atoms with Crippen molar-refractivity contribution in [3.05, 3.63) is 35.6 Å². The van der Waals surface area contributed by atoms with Gasteiger partial charge in [-0.15, -0.1) is 24.0 Å². The first-order chi connectivity index (χ1) is 9.70. The fraction of sp³-hybridized carbons (Fsp3) is 0.533. The third-order valence-corrected chi connectivity index (χ3v) is 4.34. The zero-order valence-electron chi connectivity index (χ0n) is 12.5. The quantitative estimate of drug-likeness (QED) is 0.320. The normalized spacial score (nSPS) is 16.0. The second kappa shape index (κ2) is 8.82. The van der Waals surface area contributed by atoms with E-state index >= 15 is 0 Å². The number of rotatable bonds is 6. The maximum absolute atomic E-state index is 13.0. The van der Waals surface area contributed by atoms with E-state index in [4.69, 9.17) is 0 Å². The SMILES string of the molecule is CN=C(NCCSC)NCC1(c2ccc(F)cc2)CC1.I. The summed E-state index contributed by atoms with van der Waals surface area (Å²) in [7, 11) is 1.78. The summed E-state index contributed by atoms with van der Waals surface area (Å²) in [5.74, 6) is 1.73. The molecule has 0 spiro atoms.